The lowest BCUT2D eigenvalue weighted by Crippen LogP contribution is -2.62. The molecule has 3 saturated heterocycles. The number of phenols is 1. The number of carboxylic acids is 1. The Hall–Kier alpha value is -14.1. The molecule has 17 atom stereocenters. The van der Waals surface area contributed by atoms with E-state index in [1.807, 2.05) is 0 Å². The van der Waals surface area contributed by atoms with E-state index >= 15 is 33.6 Å². The number of carbonyl (C=O) groups excluding carboxylic acids is 21. The number of nitrogens with one attached hydrogen (secondary N) is 22. The molecule has 0 spiro atoms. The molecule has 5 aromatic rings. The fourth-order valence-corrected chi connectivity index (χ4v) is 20.0. The van der Waals surface area contributed by atoms with Gasteiger partial charge >= 0.3 is 5.97 Å². The summed E-state index contributed by atoms with van der Waals surface area (Å²) < 4.78 is 0. The first-order chi connectivity index (χ1) is 70.1. The number of benzene rings is 4. The monoisotopic (exact) mass is 2130 g/mol. The molecule has 4 heterocycles. The summed E-state index contributed by atoms with van der Waals surface area (Å²) in [5.41, 5.74) is 2.32. The van der Waals surface area contributed by atoms with Crippen LogP contribution in [0.4, 0.5) is 0 Å². The molecule has 8 rings (SSSR count). The number of hydrogen-bond acceptors (Lipinski definition) is 28. The Morgan fingerprint density at radius 2 is 0.770 bits per heavy atom. The van der Waals surface area contributed by atoms with Crippen LogP contribution in [0, 0.1) is 29.6 Å². The third kappa shape index (κ3) is 38.0. The SMILES string of the molecule is CC(C)C[C@@H]1NC(=O)[C@@H]2CSSC[C@@H]3NC(=O)CNC(=O)[C@H](C)NC(=O)[C@H](Cc4ccccc4)NC(=O)[C@H](CC(=O)N2)NC(=O)[C@H](C(C)C)NC(=O)[C@H](CSSC[C@@H](C(=O)N[C@@H](Cc2ccccc2)C(=O)N[C@@H](Cc2c[nH]c4ccccc24)C(=O)O)NC(=O)[C@H](C(C)C)NC(=O)[C@H](C(C)C)NC(=O)[C@H](C)NC(=O)[C@H](Cc2ccc(O)cc2)NC(=O)CNC3=O)NC(=O)[C@H](CO)NC(=O)CNC(=O)[C@H](C(C)C)NC(=O)CNC1=O. The Balaban J connectivity index is 1.30. The Kier molecular flexibility index (Phi) is 47.1. The minimum atomic E-state index is -2.17. The molecule has 148 heavy (non-hydrogen) atoms. The molecular formula is C97H132N22O25S4. The second kappa shape index (κ2) is 58.5. The van der Waals surface area contributed by atoms with Crippen LogP contribution in [0.5, 0.6) is 5.75 Å². The van der Waals surface area contributed by atoms with Gasteiger partial charge in [-0.3, -0.25) is 101 Å². The lowest BCUT2D eigenvalue weighted by atomic mass is 9.99. The van der Waals surface area contributed by atoms with Crippen molar-refractivity contribution in [1.82, 2.24) is 117 Å². The van der Waals surface area contributed by atoms with E-state index in [1.54, 1.807) is 105 Å². The first-order valence-corrected chi connectivity index (χ1v) is 53.1. The highest BCUT2D eigenvalue weighted by molar-refractivity contribution is 8.77. The van der Waals surface area contributed by atoms with E-state index in [2.05, 4.69) is 117 Å². The average molecular weight is 2130 g/mol. The van der Waals surface area contributed by atoms with Crippen molar-refractivity contribution in [3.8, 4) is 5.75 Å². The smallest absolute Gasteiger partial charge is 0.326 e. The molecule has 0 radical (unpaired) electrons. The quantitative estimate of drug-likeness (QED) is 0.0329. The van der Waals surface area contributed by atoms with Crippen molar-refractivity contribution in [3.05, 3.63) is 138 Å². The van der Waals surface area contributed by atoms with E-state index in [0.717, 1.165) is 32.4 Å². The zero-order valence-corrected chi connectivity index (χ0v) is 87.0. The molecular weight excluding hydrogens is 2000 g/mol. The highest BCUT2D eigenvalue weighted by Crippen LogP contribution is 2.28. The lowest BCUT2D eigenvalue weighted by molar-refractivity contribution is -0.142. The molecule has 804 valence electrons. The number of fused-ring (bicyclic) bond motifs is 10. The number of aromatic hydroxyl groups is 1. The standard InChI is InChI=1S/C97H132N22O25S4/c1-47(2)31-61-83(129)100-41-76(126)116-77(48(3)4)93(139)102-40-74(124)106-67(42-120)89(135)114-71-46-148-147-45-70(91(137)111-64(33-55-23-17-14-18-24-55)87(133)113-66(97(143)144)35-57-37-98-60-26-20-19-25-59(57)60)115-95(141)79(50(7)8)119-96(142)80(51(9)10)117-82(128)53(12)104-85(131)62(34-56-27-29-58(121)30-28-56)105-73(123)39-101-84(130)68-43-145-146-44-69(90(136)109-61)107-72(122)36-65(112-94(140)78(49(5)6)118-92(71)138)88(134)110-63(32-54-21-15-13-16-22-54)86(132)103-52(11)81(127)99-38-75(125)108-68/h13-30,37,47-53,61-71,77-80,98,120-121H,31-36,38-46H2,1-12H3,(H,99,127)(H,100,129)(H,101,130)(H,102,139)(H,103,132)(H,104,131)(H,105,123)(H,106,124)(H,107,122)(H,108,125)(H,109,136)(H,110,134)(H,111,137)(H,112,140)(H,113,133)(H,114,135)(H,115,141)(H,116,126)(H,117,128)(H,118,138)(H,119,142)(H,143,144)/t52-,53-,61-,62-,63-,64-,65-,66-,67-,68-,69-,70-,71-,77-,78-,79-,80-/m0/s1. The van der Waals surface area contributed by atoms with Crippen molar-refractivity contribution in [3.63, 3.8) is 0 Å². The fraction of sp³-hybridized carbons (Fsp3) is 0.505. The molecule has 0 aliphatic carbocycles. The molecule has 51 heteroatoms. The molecule has 4 aromatic carbocycles. The number of rotatable bonds is 20. The van der Waals surface area contributed by atoms with Crippen LogP contribution in [-0.2, 0) is 131 Å². The summed E-state index contributed by atoms with van der Waals surface area (Å²) in [4.78, 5) is 326. The Morgan fingerprint density at radius 3 is 1.33 bits per heavy atom. The lowest BCUT2D eigenvalue weighted by Gasteiger charge is -2.30. The minimum absolute atomic E-state index is 0.159. The number of carbonyl (C=O) groups is 22. The number of phenolic OH excluding ortho intramolecular Hbond substituents is 1. The third-order valence-corrected chi connectivity index (χ3v) is 28.5. The summed E-state index contributed by atoms with van der Waals surface area (Å²) in [7, 11) is 2.95. The summed E-state index contributed by atoms with van der Waals surface area (Å²) in [5.74, 6) is -30.9. The van der Waals surface area contributed by atoms with Crippen molar-refractivity contribution in [2.75, 3.05) is 55.8 Å². The predicted molar refractivity (Wildman–Crippen MR) is 548 cm³/mol. The van der Waals surface area contributed by atoms with Gasteiger partial charge in [-0.15, -0.1) is 0 Å². The minimum Gasteiger partial charge on any atom is -0.508 e. The van der Waals surface area contributed by atoms with Crippen LogP contribution in [0.1, 0.15) is 118 Å². The summed E-state index contributed by atoms with van der Waals surface area (Å²) in [5, 5.41) is 85.2. The molecule has 0 saturated carbocycles. The van der Waals surface area contributed by atoms with Gasteiger partial charge in [0, 0.05) is 65.8 Å². The maximum absolute atomic E-state index is 15.6. The van der Waals surface area contributed by atoms with Crippen molar-refractivity contribution in [2.24, 2.45) is 29.6 Å². The zero-order valence-electron chi connectivity index (χ0n) is 83.7. The highest BCUT2D eigenvalue weighted by atomic mass is 33.1. The maximum Gasteiger partial charge on any atom is 0.326 e. The van der Waals surface area contributed by atoms with E-state index in [4.69, 9.17) is 0 Å². The molecule has 1 aromatic heterocycles. The highest BCUT2D eigenvalue weighted by Gasteiger charge is 2.42. The molecule has 3 aliphatic heterocycles. The fourth-order valence-electron chi connectivity index (χ4n) is 15.4. The van der Waals surface area contributed by atoms with Gasteiger partial charge in [0.2, 0.25) is 124 Å². The van der Waals surface area contributed by atoms with Crippen LogP contribution < -0.4 is 112 Å². The van der Waals surface area contributed by atoms with E-state index in [-0.39, 0.29) is 37.9 Å². The number of aliphatic hydroxyl groups is 1. The van der Waals surface area contributed by atoms with Crippen LogP contribution >= 0.6 is 43.2 Å². The number of aromatic amines is 1. The third-order valence-electron chi connectivity index (χ3n) is 23.6. The number of aromatic nitrogens is 1. The van der Waals surface area contributed by atoms with Gasteiger partial charge in [-0.25, -0.2) is 4.79 Å². The van der Waals surface area contributed by atoms with E-state index in [1.165, 1.54) is 93.5 Å². The van der Waals surface area contributed by atoms with Gasteiger partial charge in [0.1, 0.15) is 108 Å². The number of aliphatic hydroxyl groups excluding tert-OH is 1. The van der Waals surface area contributed by atoms with Crippen LogP contribution in [-0.4, -0.2) is 309 Å². The van der Waals surface area contributed by atoms with Crippen molar-refractivity contribution >= 4 is 184 Å². The van der Waals surface area contributed by atoms with Crippen LogP contribution in [0.15, 0.2) is 115 Å². The molecule has 21 amide bonds. The molecule has 0 unspecified atom stereocenters. The Morgan fingerprint density at radius 1 is 0.358 bits per heavy atom. The molecule has 3 fully saturated rings. The van der Waals surface area contributed by atoms with Crippen LogP contribution in [0.2, 0.25) is 0 Å². The van der Waals surface area contributed by atoms with Gasteiger partial charge in [0.05, 0.1) is 39.2 Å². The van der Waals surface area contributed by atoms with Crippen LogP contribution in [0.25, 0.3) is 10.9 Å². The second-order valence-electron chi connectivity index (χ2n) is 37.5. The number of aliphatic carboxylic acids is 1. The van der Waals surface area contributed by atoms with Crippen LogP contribution in [0.3, 0.4) is 0 Å². The second-order valence-corrected chi connectivity index (χ2v) is 42.6. The summed E-state index contributed by atoms with van der Waals surface area (Å²) in [6, 6.07) is -0.722. The molecule has 25 N–H and O–H groups in total. The topological polar surface area (TPSA) is 705 Å². The average Bonchev–Trinajstić information content (AvgIpc) is 1.72. The summed E-state index contributed by atoms with van der Waals surface area (Å²) >= 11 is 0. The number of para-hydroxylation sites is 1. The van der Waals surface area contributed by atoms with Crippen molar-refractivity contribution < 1.29 is 121 Å². The van der Waals surface area contributed by atoms with Gasteiger partial charge in [0.15, 0.2) is 0 Å². The van der Waals surface area contributed by atoms with E-state index in [9.17, 15) is 87.2 Å². The zero-order chi connectivity index (χ0) is 109. The van der Waals surface area contributed by atoms with E-state index in [0.29, 0.717) is 44.0 Å². The van der Waals surface area contributed by atoms with Crippen molar-refractivity contribution in [1.29, 1.82) is 0 Å². The van der Waals surface area contributed by atoms with Gasteiger partial charge in [-0.1, -0.05) is 203 Å². The number of hydrogen-bond donors (Lipinski definition) is 25. The van der Waals surface area contributed by atoms with Gasteiger partial charge < -0.3 is 132 Å². The van der Waals surface area contributed by atoms with Gasteiger partial charge in [-0.05, 0) is 90.3 Å². The normalized spacial score (nSPS) is 24.9. The summed E-state index contributed by atoms with van der Waals surface area (Å²) in [6.07, 6.45) is -1.05. The first-order valence-electron chi connectivity index (χ1n) is 48.1. The van der Waals surface area contributed by atoms with Gasteiger partial charge in [0.25, 0.3) is 0 Å². The Labute approximate surface area is 869 Å². The van der Waals surface area contributed by atoms with Gasteiger partial charge in [-0.2, -0.15) is 0 Å². The number of carboxylic acid groups (broad SMARTS) is 1. The number of amides is 21. The predicted octanol–water partition coefficient (Wildman–Crippen LogP) is -4.17. The molecule has 4 bridgehead atoms. The molecule has 3 aliphatic rings. The first kappa shape index (κ1) is 119. The van der Waals surface area contributed by atoms with Crippen molar-refractivity contribution in [2.45, 2.75) is 224 Å². The Bertz CT molecular complexity index is 5570. The summed E-state index contributed by atoms with van der Waals surface area (Å²) in [6.45, 7) is 12.9. The van der Waals surface area contributed by atoms with E-state index < -0.39 is 325 Å². The largest absolute Gasteiger partial charge is 0.508 e. The molecule has 47 nitrogen and oxygen atoms in total. The number of H-pyrrole nitrogens is 1. The maximum atomic E-state index is 15.6.